The van der Waals surface area contributed by atoms with Crippen molar-refractivity contribution in [2.45, 2.75) is 13.8 Å². The van der Waals surface area contributed by atoms with Gasteiger partial charge in [0.05, 0.1) is 18.0 Å². The molecule has 0 amide bonds. The van der Waals surface area contributed by atoms with Crippen LogP contribution >= 0.6 is 11.3 Å². The van der Waals surface area contributed by atoms with Crippen LogP contribution in [0.2, 0.25) is 0 Å². The zero-order valence-electron chi connectivity index (χ0n) is 8.19. The van der Waals surface area contributed by atoms with Gasteiger partial charge in [0.25, 0.3) is 0 Å². The summed E-state index contributed by atoms with van der Waals surface area (Å²) in [5.41, 5.74) is 3.25. The molecule has 4 heteroatoms. The lowest BCUT2D eigenvalue weighted by molar-refractivity contribution is 0.343. The van der Waals surface area contributed by atoms with Crippen LogP contribution in [-0.4, -0.2) is 21.1 Å². The Bertz CT molecular complexity index is 481. The van der Waals surface area contributed by atoms with Gasteiger partial charge in [-0.1, -0.05) is 6.08 Å². The Kier molecular flexibility index (Phi) is 2.39. The number of hydrogen-bond acceptors (Lipinski definition) is 3. The molecule has 0 aliphatic rings. The quantitative estimate of drug-likeness (QED) is 0.819. The first kappa shape index (κ1) is 9.43. The highest BCUT2D eigenvalue weighted by Crippen LogP contribution is 2.21. The summed E-state index contributed by atoms with van der Waals surface area (Å²) in [4.78, 5) is 5.45. The third-order valence-corrected chi connectivity index (χ3v) is 3.08. The van der Waals surface area contributed by atoms with E-state index >= 15 is 0 Å². The monoisotopic (exact) mass is 208 g/mol. The highest BCUT2D eigenvalue weighted by Gasteiger charge is 2.08. The van der Waals surface area contributed by atoms with Crippen molar-refractivity contribution in [2.75, 3.05) is 6.61 Å². The minimum absolute atomic E-state index is 0.0653. The first-order valence-electron chi connectivity index (χ1n) is 4.44. The van der Waals surface area contributed by atoms with Crippen LogP contribution in [0.4, 0.5) is 0 Å². The van der Waals surface area contributed by atoms with Crippen LogP contribution in [-0.2, 0) is 0 Å². The predicted octanol–water partition coefficient (Wildman–Crippen LogP) is 2.02. The first-order chi connectivity index (χ1) is 6.74. The van der Waals surface area contributed by atoms with Crippen molar-refractivity contribution in [3.05, 3.63) is 28.5 Å². The van der Waals surface area contributed by atoms with Crippen LogP contribution in [0.15, 0.2) is 11.5 Å². The molecule has 0 bridgehead atoms. The van der Waals surface area contributed by atoms with Crippen LogP contribution in [0.3, 0.4) is 0 Å². The maximum absolute atomic E-state index is 8.73. The average molecular weight is 208 g/mol. The number of aryl methyl sites for hydroxylation is 2. The van der Waals surface area contributed by atoms with Gasteiger partial charge in [-0.15, -0.1) is 11.3 Å². The molecule has 74 valence electrons. The van der Waals surface area contributed by atoms with Gasteiger partial charge in [-0.25, -0.2) is 4.98 Å². The van der Waals surface area contributed by atoms with Crippen LogP contribution in [0.5, 0.6) is 0 Å². The number of aromatic nitrogens is 2. The van der Waals surface area contributed by atoms with Gasteiger partial charge >= 0.3 is 0 Å². The van der Waals surface area contributed by atoms with Crippen molar-refractivity contribution < 1.29 is 5.11 Å². The van der Waals surface area contributed by atoms with Crippen molar-refractivity contribution in [2.24, 2.45) is 0 Å². The van der Waals surface area contributed by atoms with E-state index in [1.54, 1.807) is 17.4 Å². The SMILES string of the molecule is Cc1nc2scc(C)n2c1C=CCO. The molecular formula is C10H12N2OS. The molecule has 2 heterocycles. The molecule has 0 atom stereocenters. The lowest BCUT2D eigenvalue weighted by Crippen LogP contribution is -1.88. The number of aliphatic hydroxyl groups is 1. The Hall–Kier alpha value is -1.13. The molecule has 3 nitrogen and oxygen atoms in total. The molecule has 0 aliphatic carbocycles. The molecule has 0 radical (unpaired) electrons. The summed E-state index contributed by atoms with van der Waals surface area (Å²) in [6, 6.07) is 0. The summed E-state index contributed by atoms with van der Waals surface area (Å²) in [6.07, 6.45) is 3.64. The van der Waals surface area contributed by atoms with Crippen LogP contribution < -0.4 is 0 Å². The Morgan fingerprint density at radius 3 is 3.07 bits per heavy atom. The van der Waals surface area contributed by atoms with E-state index in [1.807, 2.05) is 13.0 Å². The molecule has 0 spiro atoms. The van der Waals surface area contributed by atoms with E-state index < -0.39 is 0 Å². The minimum Gasteiger partial charge on any atom is -0.392 e. The fourth-order valence-electron chi connectivity index (χ4n) is 1.49. The number of thiazole rings is 1. The number of rotatable bonds is 2. The molecule has 14 heavy (non-hydrogen) atoms. The summed E-state index contributed by atoms with van der Waals surface area (Å²) in [6.45, 7) is 4.10. The molecule has 2 aromatic rings. The maximum atomic E-state index is 8.73. The van der Waals surface area contributed by atoms with Crippen LogP contribution in [0, 0.1) is 13.8 Å². The standard InChI is InChI=1S/C10H12N2OS/c1-7-6-14-10-11-8(2)9(12(7)10)4-3-5-13/h3-4,6,13H,5H2,1-2H3. The Morgan fingerprint density at radius 2 is 2.36 bits per heavy atom. The zero-order valence-corrected chi connectivity index (χ0v) is 9.01. The van der Waals surface area contributed by atoms with E-state index in [-0.39, 0.29) is 6.61 Å². The van der Waals surface area contributed by atoms with E-state index in [0.29, 0.717) is 0 Å². The first-order valence-corrected chi connectivity index (χ1v) is 5.32. The van der Waals surface area contributed by atoms with E-state index in [4.69, 9.17) is 5.11 Å². The lowest BCUT2D eigenvalue weighted by Gasteiger charge is -1.95. The second-order valence-electron chi connectivity index (χ2n) is 3.16. The third kappa shape index (κ3) is 1.36. The molecule has 0 unspecified atom stereocenters. The fraction of sp³-hybridized carbons (Fsp3) is 0.300. The van der Waals surface area contributed by atoms with Gasteiger partial charge in [0.15, 0.2) is 4.96 Å². The normalized spacial score (nSPS) is 11.9. The van der Waals surface area contributed by atoms with Crippen molar-refractivity contribution in [3.63, 3.8) is 0 Å². The third-order valence-electron chi connectivity index (χ3n) is 2.13. The van der Waals surface area contributed by atoms with Crippen molar-refractivity contribution in [3.8, 4) is 0 Å². The molecule has 0 aliphatic heterocycles. The summed E-state index contributed by atoms with van der Waals surface area (Å²) in [5.74, 6) is 0. The Labute approximate surface area is 86.3 Å². The minimum atomic E-state index is 0.0653. The number of hydrogen-bond donors (Lipinski definition) is 1. The summed E-state index contributed by atoms with van der Waals surface area (Å²) in [5, 5.41) is 10.8. The fourth-order valence-corrected chi connectivity index (χ4v) is 2.40. The molecule has 0 fully saturated rings. The van der Waals surface area contributed by atoms with Crippen LogP contribution in [0.1, 0.15) is 17.1 Å². The van der Waals surface area contributed by atoms with Gasteiger partial charge in [-0.05, 0) is 19.9 Å². The largest absolute Gasteiger partial charge is 0.392 e. The van der Waals surface area contributed by atoms with Gasteiger partial charge in [0, 0.05) is 11.1 Å². The van der Waals surface area contributed by atoms with E-state index in [1.165, 1.54) is 5.69 Å². The topological polar surface area (TPSA) is 37.5 Å². The second kappa shape index (κ2) is 3.55. The molecule has 2 rings (SSSR count). The molecular weight excluding hydrogens is 196 g/mol. The maximum Gasteiger partial charge on any atom is 0.194 e. The van der Waals surface area contributed by atoms with E-state index in [2.05, 4.69) is 21.7 Å². The molecule has 0 saturated heterocycles. The molecule has 0 saturated carbocycles. The van der Waals surface area contributed by atoms with Gasteiger partial charge in [0.1, 0.15) is 0 Å². The lowest BCUT2D eigenvalue weighted by atomic mass is 10.3. The second-order valence-corrected chi connectivity index (χ2v) is 4.00. The van der Waals surface area contributed by atoms with Crippen molar-refractivity contribution in [1.82, 2.24) is 9.38 Å². The molecule has 2 aromatic heterocycles. The van der Waals surface area contributed by atoms with Crippen molar-refractivity contribution in [1.29, 1.82) is 0 Å². The zero-order chi connectivity index (χ0) is 10.1. The highest BCUT2D eigenvalue weighted by molar-refractivity contribution is 7.15. The van der Waals surface area contributed by atoms with Gasteiger partial charge in [-0.3, -0.25) is 4.40 Å². The van der Waals surface area contributed by atoms with Gasteiger partial charge in [0.2, 0.25) is 0 Å². The van der Waals surface area contributed by atoms with E-state index in [0.717, 1.165) is 16.3 Å². The summed E-state index contributed by atoms with van der Waals surface area (Å²) >= 11 is 1.64. The Balaban J connectivity index is 2.65. The highest BCUT2D eigenvalue weighted by atomic mass is 32.1. The van der Waals surface area contributed by atoms with Gasteiger partial charge in [-0.2, -0.15) is 0 Å². The summed E-state index contributed by atoms with van der Waals surface area (Å²) in [7, 11) is 0. The Morgan fingerprint density at radius 1 is 1.57 bits per heavy atom. The predicted molar refractivity (Wildman–Crippen MR) is 58.7 cm³/mol. The molecule has 1 N–H and O–H groups in total. The number of nitrogens with zero attached hydrogens (tertiary/aromatic N) is 2. The number of aliphatic hydroxyl groups excluding tert-OH is 1. The van der Waals surface area contributed by atoms with E-state index in [9.17, 15) is 0 Å². The number of fused-ring (bicyclic) bond motifs is 1. The summed E-state index contributed by atoms with van der Waals surface area (Å²) < 4.78 is 2.10. The average Bonchev–Trinajstić information content (AvgIpc) is 2.64. The van der Waals surface area contributed by atoms with Crippen LogP contribution in [0.25, 0.3) is 11.0 Å². The number of imidazole rings is 1. The van der Waals surface area contributed by atoms with Gasteiger partial charge < -0.3 is 5.11 Å². The van der Waals surface area contributed by atoms with Crippen molar-refractivity contribution >= 4 is 22.4 Å². The molecule has 0 aromatic carbocycles. The smallest absolute Gasteiger partial charge is 0.194 e.